The Labute approximate surface area is 109 Å². The van der Waals surface area contributed by atoms with Gasteiger partial charge in [0.15, 0.2) is 0 Å². The van der Waals surface area contributed by atoms with E-state index in [1.54, 1.807) is 0 Å². The topological polar surface area (TPSA) is 43.7 Å². The number of hydrogen-bond donors (Lipinski definition) is 2. The van der Waals surface area contributed by atoms with Gasteiger partial charge in [0, 0.05) is 13.1 Å². The van der Waals surface area contributed by atoms with Crippen LogP contribution in [0.4, 0.5) is 0 Å². The maximum atomic E-state index is 10.2. The highest BCUT2D eigenvalue weighted by atomic mass is 16.3. The standard InChI is InChI=1S/C15H23NO2/c1-12-4-2-5-13(10-12)15(18)7-9-16-8-3-6-14(17)11-16/h2,4-5,10,14-15,17-18H,3,6-9,11H2,1H3. The molecule has 1 fully saturated rings. The van der Waals surface area contributed by atoms with Crippen LogP contribution in [0.15, 0.2) is 24.3 Å². The number of aliphatic hydroxyl groups is 2. The van der Waals surface area contributed by atoms with Crippen LogP contribution in [0.5, 0.6) is 0 Å². The highest BCUT2D eigenvalue weighted by molar-refractivity contribution is 5.23. The lowest BCUT2D eigenvalue weighted by molar-refractivity contribution is 0.0590. The van der Waals surface area contributed by atoms with Crippen LogP contribution in [-0.4, -0.2) is 40.9 Å². The molecule has 2 unspecified atom stereocenters. The van der Waals surface area contributed by atoms with Crippen molar-refractivity contribution in [2.45, 2.75) is 38.4 Å². The largest absolute Gasteiger partial charge is 0.392 e. The number of β-amino-alcohol motifs (C(OH)–C–C–N with tert-alkyl or cyclic N) is 1. The van der Waals surface area contributed by atoms with Crippen molar-refractivity contribution in [1.29, 1.82) is 0 Å². The fraction of sp³-hybridized carbons (Fsp3) is 0.600. The quantitative estimate of drug-likeness (QED) is 0.856. The summed E-state index contributed by atoms with van der Waals surface area (Å²) in [4.78, 5) is 2.24. The number of nitrogens with zero attached hydrogens (tertiary/aromatic N) is 1. The van der Waals surface area contributed by atoms with Gasteiger partial charge in [-0.3, -0.25) is 0 Å². The predicted molar refractivity (Wildman–Crippen MR) is 72.4 cm³/mol. The molecule has 1 saturated heterocycles. The number of aliphatic hydroxyl groups excluding tert-OH is 2. The average molecular weight is 249 g/mol. The second kappa shape index (κ2) is 6.32. The molecule has 0 bridgehead atoms. The second-order valence-corrected chi connectivity index (χ2v) is 5.32. The Morgan fingerprint density at radius 1 is 1.44 bits per heavy atom. The van der Waals surface area contributed by atoms with Crippen LogP contribution in [0.2, 0.25) is 0 Å². The molecule has 3 nitrogen and oxygen atoms in total. The molecule has 0 saturated carbocycles. The van der Waals surface area contributed by atoms with Crippen molar-refractivity contribution in [3.63, 3.8) is 0 Å². The fourth-order valence-electron chi connectivity index (χ4n) is 2.58. The van der Waals surface area contributed by atoms with E-state index >= 15 is 0 Å². The molecule has 3 heteroatoms. The first-order chi connectivity index (χ1) is 8.65. The van der Waals surface area contributed by atoms with Crippen LogP contribution in [0, 0.1) is 6.92 Å². The van der Waals surface area contributed by atoms with Gasteiger partial charge in [-0.25, -0.2) is 0 Å². The molecule has 2 atom stereocenters. The van der Waals surface area contributed by atoms with Gasteiger partial charge in [0.1, 0.15) is 0 Å². The zero-order valence-electron chi connectivity index (χ0n) is 11.0. The van der Waals surface area contributed by atoms with Gasteiger partial charge in [-0.2, -0.15) is 0 Å². The van der Waals surface area contributed by atoms with Crippen molar-refractivity contribution in [3.8, 4) is 0 Å². The van der Waals surface area contributed by atoms with E-state index < -0.39 is 6.10 Å². The van der Waals surface area contributed by atoms with Crippen LogP contribution >= 0.6 is 0 Å². The molecule has 0 radical (unpaired) electrons. The summed E-state index contributed by atoms with van der Waals surface area (Å²) < 4.78 is 0. The minimum absolute atomic E-state index is 0.185. The maximum Gasteiger partial charge on any atom is 0.0802 e. The van der Waals surface area contributed by atoms with E-state index in [2.05, 4.69) is 4.90 Å². The molecule has 0 amide bonds. The van der Waals surface area contributed by atoms with Crippen molar-refractivity contribution in [3.05, 3.63) is 35.4 Å². The molecule has 0 aliphatic carbocycles. The van der Waals surface area contributed by atoms with E-state index in [1.807, 2.05) is 31.2 Å². The van der Waals surface area contributed by atoms with Crippen LogP contribution in [0.3, 0.4) is 0 Å². The first-order valence-corrected chi connectivity index (χ1v) is 6.80. The van der Waals surface area contributed by atoms with E-state index in [-0.39, 0.29) is 6.10 Å². The number of piperidine rings is 1. The Balaban J connectivity index is 1.82. The second-order valence-electron chi connectivity index (χ2n) is 5.32. The first-order valence-electron chi connectivity index (χ1n) is 6.80. The van der Waals surface area contributed by atoms with Crippen molar-refractivity contribution in [2.24, 2.45) is 0 Å². The Morgan fingerprint density at radius 3 is 3.00 bits per heavy atom. The normalized spacial score (nSPS) is 22.9. The smallest absolute Gasteiger partial charge is 0.0802 e. The average Bonchev–Trinajstić information content (AvgIpc) is 2.36. The monoisotopic (exact) mass is 249 g/mol. The molecular formula is C15H23NO2. The Kier molecular flexibility index (Phi) is 4.75. The Bertz CT molecular complexity index is 381. The number of likely N-dealkylation sites (tertiary alicyclic amines) is 1. The van der Waals surface area contributed by atoms with Crippen LogP contribution in [-0.2, 0) is 0 Å². The zero-order chi connectivity index (χ0) is 13.0. The summed E-state index contributed by atoms with van der Waals surface area (Å²) in [6.07, 6.45) is 2.12. The lowest BCUT2D eigenvalue weighted by Gasteiger charge is -2.30. The molecule has 100 valence electrons. The Morgan fingerprint density at radius 2 is 2.28 bits per heavy atom. The summed E-state index contributed by atoms with van der Waals surface area (Å²) in [5, 5.41) is 19.7. The molecule has 0 spiro atoms. The van der Waals surface area contributed by atoms with Crippen LogP contribution in [0.25, 0.3) is 0 Å². The maximum absolute atomic E-state index is 10.2. The van der Waals surface area contributed by atoms with Gasteiger partial charge < -0.3 is 15.1 Å². The zero-order valence-corrected chi connectivity index (χ0v) is 11.0. The minimum Gasteiger partial charge on any atom is -0.392 e. The van der Waals surface area contributed by atoms with Gasteiger partial charge in [0.2, 0.25) is 0 Å². The lowest BCUT2D eigenvalue weighted by atomic mass is 10.0. The van der Waals surface area contributed by atoms with E-state index in [1.165, 1.54) is 5.56 Å². The summed E-state index contributed by atoms with van der Waals surface area (Å²) in [5.41, 5.74) is 2.17. The van der Waals surface area contributed by atoms with Crippen molar-refractivity contribution >= 4 is 0 Å². The lowest BCUT2D eigenvalue weighted by Crippen LogP contribution is -2.39. The molecule has 2 rings (SSSR count). The summed E-state index contributed by atoms with van der Waals surface area (Å²) in [7, 11) is 0. The molecule has 1 heterocycles. The van der Waals surface area contributed by atoms with Crippen molar-refractivity contribution in [1.82, 2.24) is 4.90 Å². The third-order valence-corrected chi connectivity index (χ3v) is 3.63. The van der Waals surface area contributed by atoms with Gasteiger partial charge >= 0.3 is 0 Å². The molecular weight excluding hydrogens is 226 g/mol. The van der Waals surface area contributed by atoms with Crippen LogP contribution < -0.4 is 0 Å². The van der Waals surface area contributed by atoms with Gasteiger partial charge in [-0.1, -0.05) is 29.8 Å². The highest BCUT2D eigenvalue weighted by Gasteiger charge is 2.18. The number of aryl methyl sites for hydroxylation is 1. The van der Waals surface area contributed by atoms with Crippen molar-refractivity contribution in [2.75, 3.05) is 19.6 Å². The molecule has 1 aromatic carbocycles. The van der Waals surface area contributed by atoms with Crippen molar-refractivity contribution < 1.29 is 10.2 Å². The molecule has 18 heavy (non-hydrogen) atoms. The third kappa shape index (κ3) is 3.80. The molecule has 0 aromatic heterocycles. The summed E-state index contributed by atoms with van der Waals surface area (Å²) in [6.45, 7) is 4.68. The predicted octanol–water partition coefficient (Wildman–Crippen LogP) is 1.88. The van der Waals surface area contributed by atoms with E-state index in [9.17, 15) is 10.2 Å². The number of hydrogen-bond acceptors (Lipinski definition) is 3. The third-order valence-electron chi connectivity index (χ3n) is 3.63. The SMILES string of the molecule is Cc1cccc(C(O)CCN2CCCC(O)C2)c1. The molecule has 1 aromatic rings. The van der Waals surface area contributed by atoms with E-state index in [0.29, 0.717) is 0 Å². The van der Waals surface area contributed by atoms with Gasteiger partial charge in [0.05, 0.1) is 12.2 Å². The highest BCUT2D eigenvalue weighted by Crippen LogP contribution is 2.19. The molecule has 1 aliphatic heterocycles. The van der Waals surface area contributed by atoms with Gasteiger partial charge in [-0.15, -0.1) is 0 Å². The molecule has 1 aliphatic rings. The van der Waals surface area contributed by atoms with Gasteiger partial charge in [-0.05, 0) is 38.3 Å². The van der Waals surface area contributed by atoms with E-state index in [4.69, 9.17) is 0 Å². The summed E-state index contributed by atoms with van der Waals surface area (Å²) >= 11 is 0. The fourth-order valence-corrected chi connectivity index (χ4v) is 2.58. The summed E-state index contributed by atoms with van der Waals surface area (Å²) in [6, 6.07) is 8.04. The van der Waals surface area contributed by atoms with Crippen LogP contribution in [0.1, 0.15) is 36.5 Å². The van der Waals surface area contributed by atoms with Gasteiger partial charge in [0.25, 0.3) is 0 Å². The molecule has 2 N–H and O–H groups in total. The minimum atomic E-state index is -0.399. The number of rotatable bonds is 4. The summed E-state index contributed by atoms with van der Waals surface area (Å²) in [5.74, 6) is 0. The Hall–Kier alpha value is -0.900. The number of benzene rings is 1. The van der Waals surface area contributed by atoms with E-state index in [0.717, 1.165) is 44.5 Å². The first kappa shape index (κ1) is 13.5.